The van der Waals surface area contributed by atoms with Gasteiger partial charge >= 0.3 is 6.18 Å². The van der Waals surface area contributed by atoms with Crippen LogP contribution in [0.3, 0.4) is 0 Å². The van der Waals surface area contributed by atoms with Crippen molar-refractivity contribution in [3.8, 4) is 17.2 Å². The van der Waals surface area contributed by atoms with Crippen molar-refractivity contribution in [2.45, 2.75) is 38.6 Å². The second-order valence-electron chi connectivity index (χ2n) is 10.2. The number of halogens is 3. The first-order valence-corrected chi connectivity index (χ1v) is 13.0. The van der Waals surface area contributed by atoms with Crippen molar-refractivity contribution in [1.82, 2.24) is 9.80 Å². The van der Waals surface area contributed by atoms with Gasteiger partial charge in [0.1, 0.15) is 12.4 Å². The maximum Gasteiger partial charge on any atom is 0.390 e. The number of amides is 2. The molecule has 2 aromatic rings. The molecule has 2 aliphatic rings. The third kappa shape index (κ3) is 7.16. The highest BCUT2D eigenvalue weighted by molar-refractivity contribution is 6.06. The molecule has 0 aliphatic carbocycles. The maximum absolute atomic E-state index is 13.5. The van der Waals surface area contributed by atoms with Crippen LogP contribution in [0.25, 0.3) is 0 Å². The molecule has 0 saturated carbocycles. The number of likely N-dealkylation sites (N-methyl/N-ethyl adjacent to an activating group) is 1. The van der Waals surface area contributed by atoms with Crippen LogP contribution in [0.15, 0.2) is 36.4 Å². The Morgan fingerprint density at radius 2 is 1.77 bits per heavy atom. The van der Waals surface area contributed by atoms with Crippen LogP contribution < -0.4 is 19.5 Å². The Morgan fingerprint density at radius 3 is 2.50 bits per heavy atom. The van der Waals surface area contributed by atoms with Gasteiger partial charge in [-0.15, -0.1) is 0 Å². The van der Waals surface area contributed by atoms with E-state index in [2.05, 4.69) is 5.32 Å². The van der Waals surface area contributed by atoms with Gasteiger partial charge in [-0.25, -0.2) is 0 Å². The molecule has 1 N–H and O–H groups in total. The van der Waals surface area contributed by atoms with E-state index in [-0.39, 0.29) is 55.7 Å². The van der Waals surface area contributed by atoms with Gasteiger partial charge in [-0.05, 0) is 49.2 Å². The number of rotatable bonds is 5. The molecule has 2 heterocycles. The molecule has 4 rings (SSSR count). The summed E-state index contributed by atoms with van der Waals surface area (Å²) in [5.41, 5.74) is 0.930. The lowest BCUT2D eigenvalue weighted by molar-refractivity contribution is -0.140. The number of ether oxygens (including phenoxy) is 4. The van der Waals surface area contributed by atoms with Gasteiger partial charge in [-0.2, -0.15) is 13.2 Å². The Labute approximate surface area is 231 Å². The summed E-state index contributed by atoms with van der Waals surface area (Å²) in [5.74, 6) is 0.374. The van der Waals surface area contributed by atoms with Crippen molar-refractivity contribution in [3.63, 3.8) is 0 Å². The fraction of sp³-hybridized carbons (Fsp3) is 0.500. The van der Waals surface area contributed by atoms with Crippen molar-refractivity contribution in [2.24, 2.45) is 5.92 Å². The Balaban J connectivity index is 1.59. The van der Waals surface area contributed by atoms with E-state index in [0.717, 1.165) is 0 Å². The molecule has 2 aliphatic heterocycles. The smallest absolute Gasteiger partial charge is 0.390 e. The van der Waals surface area contributed by atoms with E-state index in [4.69, 9.17) is 18.9 Å². The van der Waals surface area contributed by atoms with Crippen LogP contribution in [0.4, 0.5) is 18.9 Å². The monoisotopic (exact) mass is 565 g/mol. The highest BCUT2D eigenvalue weighted by atomic mass is 19.4. The summed E-state index contributed by atoms with van der Waals surface area (Å²) in [7, 11) is 3.15. The molecule has 218 valence electrons. The molecule has 0 aromatic heterocycles. The third-order valence-electron chi connectivity index (χ3n) is 7.15. The van der Waals surface area contributed by atoms with Crippen molar-refractivity contribution in [2.75, 3.05) is 52.5 Å². The highest BCUT2D eigenvalue weighted by Crippen LogP contribution is 2.33. The summed E-state index contributed by atoms with van der Waals surface area (Å²) in [6.45, 7) is 4.22. The van der Waals surface area contributed by atoms with E-state index < -0.39 is 24.6 Å². The molecule has 2 amide bonds. The number of carbonyl (C=O) groups is 2. The molecule has 12 heteroatoms. The number of nitrogens with zero attached hydrogens (tertiary/aromatic N) is 2. The quantitative estimate of drug-likeness (QED) is 0.574. The van der Waals surface area contributed by atoms with Gasteiger partial charge in [0, 0.05) is 51.1 Å². The Kier molecular flexibility index (Phi) is 9.09. The molecule has 3 atom stereocenters. The molecule has 0 radical (unpaired) electrons. The van der Waals surface area contributed by atoms with Crippen molar-refractivity contribution in [3.05, 3.63) is 47.5 Å². The molecule has 9 nitrogen and oxygen atoms in total. The average molecular weight is 566 g/mol. The summed E-state index contributed by atoms with van der Waals surface area (Å²) in [4.78, 5) is 29.7. The molecule has 0 fully saturated rings. The van der Waals surface area contributed by atoms with Crippen LogP contribution >= 0.6 is 0 Å². The first kappa shape index (κ1) is 29.5. The average Bonchev–Trinajstić information content (AvgIpc) is 3.39. The number of alkyl halides is 3. The second kappa shape index (κ2) is 12.3. The molecule has 2 aromatic carbocycles. The zero-order valence-electron chi connectivity index (χ0n) is 22.9. The Bertz CT molecular complexity index is 1220. The number of nitrogens with one attached hydrogen (secondary N) is 1. The van der Waals surface area contributed by atoms with E-state index in [9.17, 15) is 22.8 Å². The number of anilines is 1. The van der Waals surface area contributed by atoms with Gasteiger partial charge in [-0.3, -0.25) is 14.5 Å². The predicted octanol–water partition coefficient (Wildman–Crippen LogP) is 4.43. The molecular formula is C28H34F3N3O6. The van der Waals surface area contributed by atoms with Crippen molar-refractivity contribution in [1.29, 1.82) is 0 Å². The van der Waals surface area contributed by atoms with Crippen LogP contribution in [-0.2, 0) is 4.74 Å². The molecular weight excluding hydrogens is 531 g/mol. The van der Waals surface area contributed by atoms with Gasteiger partial charge in [-0.1, -0.05) is 6.92 Å². The number of fused-ring (bicyclic) bond motifs is 2. The van der Waals surface area contributed by atoms with Gasteiger partial charge in [0.2, 0.25) is 6.79 Å². The number of hydrogen-bond donors (Lipinski definition) is 1. The molecule has 40 heavy (non-hydrogen) atoms. The first-order chi connectivity index (χ1) is 18.9. The zero-order valence-corrected chi connectivity index (χ0v) is 22.9. The largest absolute Gasteiger partial charge is 0.491 e. The van der Waals surface area contributed by atoms with Gasteiger partial charge in [0.15, 0.2) is 11.5 Å². The summed E-state index contributed by atoms with van der Waals surface area (Å²) in [5, 5.41) is 2.79. The van der Waals surface area contributed by atoms with E-state index in [0.29, 0.717) is 29.3 Å². The molecule has 0 spiro atoms. The normalized spacial score (nSPS) is 22.1. The van der Waals surface area contributed by atoms with Crippen LogP contribution in [0.2, 0.25) is 0 Å². The lowest BCUT2D eigenvalue weighted by Crippen LogP contribution is -2.47. The highest BCUT2D eigenvalue weighted by Gasteiger charge is 2.32. The number of hydrogen-bond acceptors (Lipinski definition) is 7. The summed E-state index contributed by atoms with van der Waals surface area (Å²) >= 11 is 0. The van der Waals surface area contributed by atoms with Crippen LogP contribution in [0.1, 0.15) is 41.0 Å². The third-order valence-corrected chi connectivity index (χ3v) is 7.15. The molecule has 0 bridgehead atoms. The first-order valence-electron chi connectivity index (χ1n) is 13.0. The van der Waals surface area contributed by atoms with Crippen LogP contribution in [0, 0.1) is 5.92 Å². The second-order valence-corrected chi connectivity index (χ2v) is 10.2. The maximum atomic E-state index is 13.5. The number of carbonyl (C=O) groups excluding carboxylic acids is 2. The number of benzene rings is 2. The van der Waals surface area contributed by atoms with Crippen LogP contribution in [-0.4, -0.2) is 87.1 Å². The molecule has 0 unspecified atom stereocenters. The summed E-state index contributed by atoms with van der Waals surface area (Å²) in [6.07, 6.45) is -5.63. The van der Waals surface area contributed by atoms with Crippen LogP contribution in [0.5, 0.6) is 17.2 Å². The van der Waals surface area contributed by atoms with E-state index in [1.165, 1.54) is 18.1 Å². The lowest BCUT2D eigenvalue weighted by atomic mass is 10.0. The Morgan fingerprint density at radius 1 is 1.05 bits per heavy atom. The summed E-state index contributed by atoms with van der Waals surface area (Å²) in [6, 6.07) is 9.17. The van der Waals surface area contributed by atoms with Crippen molar-refractivity contribution < 1.29 is 41.7 Å². The van der Waals surface area contributed by atoms with Gasteiger partial charge < -0.3 is 29.2 Å². The zero-order chi connectivity index (χ0) is 29.0. The minimum atomic E-state index is -4.28. The minimum absolute atomic E-state index is 0.0646. The minimum Gasteiger partial charge on any atom is -0.491 e. The SMILES string of the molecule is CO[C@H]1CN(C)C(=O)c2cc(NC(=O)c3ccc4c(c3)OCO4)ccc2OC[C@@H](C)N(CCC(F)(F)F)C[C@@H]1C. The fourth-order valence-electron chi connectivity index (χ4n) is 4.75. The fourth-order valence-corrected chi connectivity index (χ4v) is 4.75. The Hall–Kier alpha value is -3.51. The van der Waals surface area contributed by atoms with E-state index in [1.807, 2.05) is 6.92 Å². The topological polar surface area (TPSA) is 89.6 Å². The van der Waals surface area contributed by atoms with Gasteiger partial charge in [0.25, 0.3) is 11.8 Å². The van der Waals surface area contributed by atoms with Crippen molar-refractivity contribution >= 4 is 17.5 Å². The molecule has 0 saturated heterocycles. The predicted molar refractivity (Wildman–Crippen MR) is 141 cm³/mol. The number of methoxy groups -OCH3 is 1. The van der Waals surface area contributed by atoms with E-state index in [1.54, 1.807) is 49.2 Å². The van der Waals surface area contributed by atoms with Gasteiger partial charge in [0.05, 0.1) is 18.1 Å². The van der Waals surface area contributed by atoms with E-state index >= 15 is 0 Å². The summed E-state index contributed by atoms with van der Waals surface area (Å²) < 4.78 is 61.4. The lowest BCUT2D eigenvalue weighted by Gasteiger charge is -2.36. The standard InChI is InChI=1S/C28H34F3N3O6/c1-17-13-34(10-9-28(29,30)31)18(2)15-38-22-8-6-20(12-21(22)27(36)33(3)14-25(17)37-4)32-26(35)19-5-7-23-24(11-19)40-16-39-23/h5-8,11-12,17-18,25H,9-10,13-16H2,1-4H3,(H,32,35)/t17-,18+,25-/m0/s1.